The van der Waals surface area contributed by atoms with Gasteiger partial charge in [-0.05, 0) is 19.1 Å². The van der Waals surface area contributed by atoms with Crippen molar-refractivity contribution in [3.8, 4) is 0 Å². The Bertz CT molecular complexity index is 591. The molecular formula is C15H19N5S. The van der Waals surface area contributed by atoms with Gasteiger partial charge in [-0.3, -0.25) is 4.98 Å². The maximum absolute atomic E-state index is 4.53. The number of thiazole rings is 1. The third-order valence-corrected chi connectivity index (χ3v) is 3.74. The molecule has 110 valence electrons. The molecule has 0 amide bonds. The van der Waals surface area contributed by atoms with Crippen molar-refractivity contribution >= 4 is 17.3 Å². The number of aryl methyl sites for hydroxylation is 1. The van der Waals surface area contributed by atoms with Crippen LogP contribution in [0.15, 0.2) is 47.6 Å². The molecule has 0 spiro atoms. The minimum absolute atomic E-state index is 0.537. The van der Waals surface area contributed by atoms with E-state index in [1.807, 2.05) is 30.6 Å². The molecule has 0 atom stereocenters. The lowest BCUT2D eigenvalue weighted by molar-refractivity contribution is 0.830. The third-order valence-electron chi connectivity index (χ3n) is 2.80. The maximum Gasteiger partial charge on any atom is 0.192 e. The van der Waals surface area contributed by atoms with Crippen molar-refractivity contribution in [2.45, 2.75) is 20.0 Å². The number of pyridine rings is 1. The van der Waals surface area contributed by atoms with E-state index in [9.17, 15) is 0 Å². The normalized spacial score (nSPS) is 11.2. The number of aromatic nitrogens is 2. The number of nitrogens with zero attached hydrogens (tertiary/aromatic N) is 3. The van der Waals surface area contributed by atoms with Crippen molar-refractivity contribution in [3.05, 3.63) is 58.8 Å². The topological polar surface area (TPSA) is 62.2 Å². The average Bonchev–Trinajstić information content (AvgIpc) is 2.93. The summed E-state index contributed by atoms with van der Waals surface area (Å²) in [5, 5.41) is 6.50. The lowest BCUT2D eigenvalue weighted by Gasteiger charge is -2.10. The molecule has 0 unspecified atom stereocenters. The SMILES string of the molecule is C=CCNC(=NCc1ccccn1)NCc1scnc1C. The monoisotopic (exact) mass is 301 g/mol. The fourth-order valence-electron chi connectivity index (χ4n) is 1.65. The molecule has 2 N–H and O–H groups in total. The molecule has 0 fully saturated rings. The molecule has 0 bridgehead atoms. The average molecular weight is 301 g/mol. The number of guanidine groups is 1. The van der Waals surface area contributed by atoms with Crippen LogP contribution in [0.2, 0.25) is 0 Å². The van der Waals surface area contributed by atoms with Gasteiger partial charge in [0.15, 0.2) is 5.96 Å². The van der Waals surface area contributed by atoms with Crippen LogP contribution in [0.3, 0.4) is 0 Å². The van der Waals surface area contributed by atoms with Crippen LogP contribution in [-0.2, 0) is 13.1 Å². The zero-order valence-electron chi connectivity index (χ0n) is 12.0. The smallest absolute Gasteiger partial charge is 0.192 e. The molecule has 0 aliphatic heterocycles. The molecule has 0 aliphatic carbocycles. The van der Waals surface area contributed by atoms with Gasteiger partial charge in [-0.1, -0.05) is 12.1 Å². The van der Waals surface area contributed by atoms with Crippen LogP contribution < -0.4 is 10.6 Å². The highest BCUT2D eigenvalue weighted by Crippen LogP contribution is 2.11. The van der Waals surface area contributed by atoms with Crippen molar-refractivity contribution in [2.24, 2.45) is 4.99 Å². The Labute approximate surface area is 128 Å². The molecule has 0 saturated carbocycles. The zero-order chi connectivity index (χ0) is 14.9. The second kappa shape index (κ2) is 8.16. The second-order valence-corrected chi connectivity index (χ2v) is 5.31. The van der Waals surface area contributed by atoms with Crippen molar-refractivity contribution in [1.82, 2.24) is 20.6 Å². The van der Waals surface area contributed by atoms with E-state index in [4.69, 9.17) is 0 Å². The minimum atomic E-state index is 0.537. The molecule has 2 aromatic heterocycles. The summed E-state index contributed by atoms with van der Waals surface area (Å²) in [6.45, 7) is 7.63. The maximum atomic E-state index is 4.53. The van der Waals surface area contributed by atoms with Crippen LogP contribution in [0.5, 0.6) is 0 Å². The molecule has 5 nitrogen and oxygen atoms in total. The van der Waals surface area contributed by atoms with E-state index in [1.165, 1.54) is 4.88 Å². The van der Waals surface area contributed by atoms with Gasteiger partial charge < -0.3 is 10.6 Å². The molecule has 0 saturated heterocycles. The van der Waals surface area contributed by atoms with Gasteiger partial charge in [0.1, 0.15) is 0 Å². The zero-order valence-corrected chi connectivity index (χ0v) is 12.9. The lowest BCUT2D eigenvalue weighted by Crippen LogP contribution is -2.37. The largest absolute Gasteiger partial charge is 0.353 e. The fraction of sp³-hybridized carbons (Fsp3) is 0.267. The van der Waals surface area contributed by atoms with E-state index in [1.54, 1.807) is 23.6 Å². The first-order chi connectivity index (χ1) is 10.3. The molecule has 6 heteroatoms. The van der Waals surface area contributed by atoms with Crippen LogP contribution in [-0.4, -0.2) is 22.5 Å². The Morgan fingerprint density at radius 2 is 2.29 bits per heavy atom. The minimum Gasteiger partial charge on any atom is -0.353 e. The summed E-state index contributed by atoms with van der Waals surface area (Å²) in [6, 6.07) is 5.82. The molecule has 21 heavy (non-hydrogen) atoms. The lowest BCUT2D eigenvalue weighted by atomic mass is 10.3. The molecule has 0 radical (unpaired) electrons. The van der Waals surface area contributed by atoms with Gasteiger partial charge in [-0.15, -0.1) is 17.9 Å². The summed E-state index contributed by atoms with van der Waals surface area (Å²) in [7, 11) is 0. The summed E-state index contributed by atoms with van der Waals surface area (Å²) < 4.78 is 0. The van der Waals surface area contributed by atoms with E-state index in [0.29, 0.717) is 19.6 Å². The molecular weight excluding hydrogens is 282 g/mol. The standard InChI is InChI=1S/C15H19N5S/c1-3-7-17-15(18-9-13-6-4-5-8-16-13)19-10-14-12(2)20-11-21-14/h3-6,8,11H,1,7,9-10H2,2H3,(H2,17,18,19). The van der Waals surface area contributed by atoms with E-state index in [-0.39, 0.29) is 0 Å². The predicted octanol–water partition coefficient (Wildman–Crippen LogP) is 2.27. The Balaban J connectivity index is 1.96. The third kappa shape index (κ3) is 5.00. The summed E-state index contributed by atoms with van der Waals surface area (Å²) >= 11 is 1.64. The molecule has 2 aromatic rings. The van der Waals surface area contributed by atoms with Crippen LogP contribution in [0, 0.1) is 6.92 Å². The van der Waals surface area contributed by atoms with Gasteiger partial charge >= 0.3 is 0 Å². The van der Waals surface area contributed by atoms with Crippen molar-refractivity contribution < 1.29 is 0 Å². The van der Waals surface area contributed by atoms with Crippen LogP contribution in [0.25, 0.3) is 0 Å². The summed E-state index contributed by atoms with van der Waals surface area (Å²) in [5.41, 5.74) is 3.85. The summed E-state index contributed by atoms with van der Waals surface area (Å²) in [6.07, 6.45) is 3.58. The first-order valence-electron chi connectivity index (χ1n) is 6.71. The first-order valence-corrected chi connectivity index (χ1v) is 7.59. The fourth-order valence-corrected chi connectivity index (χ4v) is 2.37. The molecule has 2 rings (SSSR count). The predicted molar refractivity (Wildman–Crippen MR) is 87.3 cm³/mol. The molecule has 2 heterocycles. The van der Waals surface area contributed by atoms with Gasteiger partial charge in [0.25, 0.3) is 0 Å². The number of hydrogen-bond acceptors (Lipinski definition) is 4. The molecule has 0 aromatic carbocycles. The quantitative estimate of drug-likeness (QED) is 0.488. The highest BCUT2D eigenvalue weighted by atomic mass is 32.1. The second-order valence-electron chi connectivity index (χ2n) is 4.37. The summed E-state index contributed by atoms with van der Waals surface area (Å²) in [5.74, 6) is 0.744. The van der Waals surface area contributed by atoms with Gasteiger partial charge in [-0.2, -0.15) is 0 Å². The van der Waals surface area contributed by atoms with Gasteiger partial charge in [-0.25, -0.2) is 9.98 Å². The number of rotatable bonds is 6. The van der Waals surface area contributed by atoms with Crippen molar-refractivity contribution in [2.75, 3.05) is 6.54 Å². The van der Waals surface area contributed by atoms with Crippen LogP contribution in [0.4, 0.5) is 0 Å². The van der Waals surface area contributed by atoms with E-state index < -0.39 is 0 Å². The Morgan fingerprint density at radius 3 is 2.95 bits per heavy atom. The van der Waals surface area contributed by atoms with Gasteiger partial charge in [0, 0.05) is 17.6 Å². The van der Waals surface area contributed by atoms with Crippen molar-refractivity contribution in [1.29, 1.82) is 0 Å². The Kier molecular flexibility index (Phi) is 5.90. The summed E-state index contributed by atoms with van der Waals surface area (Å²) in [4.78, 5) is 14.2. The van der Waals surface area contributed by atoms with E-state index >= 15 is 0 Å². The number of nitrogens with one attached hydrogen (secondary N) is 2. The number of hydrogen-bond donors (Lipinski definition) is 2. The Morgan fingerprint density at radius 1 is 1.38 bits per heavy atom. The Hall–Kier alpha value is -2.21. The van der Waals surface area contributed by atoms with Gasteiger partial charge in [0.05, 0.1) is 30.0 Å². The van der Waals surface area contributed by atoms with E-state index in [0.717, 1.165) is 17.3 Å². The first kappa shape index (κ1) is 15.2. The van der Waals surface area contributed by atoms with Crippen molar-refractivity contribution in [3.63, 3.8) is 0 Å². The van der Waals surface area contributed by atoms with Gasteiger partial charge in [0.2, 0.25) is 0 Å². The molecule has 0 aliphatic rings. The number of aliphatic imine (C=N–C) groups is 1. The highest BCUT2D eigenvalue weighted by Gasteiger charge is 2.03. The van der Waals surface area contributed by atoms with Crippen LogP contribution in [0.1, 0.15) is 16.3 Å². The van der Waals surface area contributed by atoms with Crippen LogP contribution >= 0.6 is 11.3 Å². The highest BCUT2D eigenvalue weighted by molar-refractivity contribution is 7.09. The van der Waals surface area contributed by atoms with E-state index in [2.05, 4.69) is 32.2 Å².